The van der Waals surface area contributed by atoms with Crippen molar-refractivity contribution in [1.29, 1.82) is 5.41 Å². The van der Waals surface area contributed by atoms with Crippen LogP contribution in [0.3, 0.4) is 0 Å². The first-order valence-corrected chi connectivity index (χ1v) is 6.29. The van der Waals surface area contributed by atoms with Gasteiger partial charge in [-0.05, 0) is 30.5 Å². The van der Waals surface area contributed by atoms with Crippen LogP contribution in [0.5, 0.6) is 0 Å². The van der Waals surface area contributed by atoms with Crippen LogP contribution in [0, 0.1) is 12.3 Å². The molecule has 0 saturated carbocycles. The van der Waals surface area contributed by atoms with Gasteiger partial charge >= 0.3 is 0 Å². The van der Waals surface area contributed by atoms with Crippen molar-refractivity contribution in [2.75, 3.05) is 0 Å². The summed E-state index contributed by atoms with van der Waals surface area (Å²) in [6.07, 6.45) is 0. The van der Waals surface area contributed by atoms with Crippen LogP contribution in [0.4, 0.5) is 0 Å². The van der Waals surface area contributed by atoms with Gasteiger partial charge in [0.2, 0.25) is 0 Å². The number of aryl methyl sites for hydroxylation is 1. The fraction of sp³-hybridized carbons (Fsp3) is 0.0833. The van der Waals surface area contributed by atoms with Crippen molar-refractivity contribution in [3.63, 3.8) is 0 Å². The molecule has 0 unspecified atom stereocenters. The zero-order chi connectivity index (χ0) is 12.7. The Morgan fingerprint density at radius 1 is 1.39 bits per heavy atom. The van der Waals surface area contributed by atoms with E-state index < -0.39 is 0 Å². The number of nitrogen functional groups attached to an aromatic ring is 1. The molecule has 90 valence electrons. The molecular weight excluding hydrogens is 246 g/mol. The number of rotatable bonds is 2. The predicted octanol–water partition coefficient (Wildman–Crippen LogP) is 2.05. The van der Waals surface area contributed by atoms with Crippen LogP contribution in [0.15, 0.2) is 29.6 Å². The second-order valence-corrected chi connectivity index (χ2v) is 4.87. The summed E-state index contributed by atoms with van der Waals surface area (Å²) in [6.45, 7) is 1.83. The molecular formula is C12H11N5S. The van der Waals surface area contributed by atoms with E-state index in [9.17, 15) is 0 Å². The minimum Gasteiger partial charge on any atom is -0.384 e. The maximum absolute atomic E-state index is 7.57. The van der Waals surface area contributed by atoms with Gasteiger partial charge in [-0.1, -0.05) is 6.07 Å². The van der Waals surface area contributed by atoms with Crippen LogP contribution in [-0.4, -0.2) is 20.4 Å². The third kappa shape index (κ3) is 1.58. The summed E-state index contributed by atoms with van der Waals surface area (Å²) in [5, 5.41) is 14.0. The standard InChI is InChI=1S/C12H11N5S/c1-7-15-12-8(11(13)14)4-5-9(17(12)16-7)10-3-2-6-18-10/h2-6H,1H3,(H3,13,14). The molecule has 0 aromatic carbocycles. The average Bonchev–Trinajstić information content (AvgIpc) is 2.94. The van der Waals surface area contributed by atoms with Crippen molar-refractivity contribution in [2.24, 2.45) is 5.73 Å². The number of nitrogens with two attached hydrogens (primary N) is 1. The van der Waals surface area contributed by atoms with E-state index >= 15 is 0 Å². The topological polar surface area (TPSA) is 80.1 Å². The minimum absolute atomic E-state index is 0.00475. The molecule has 3 heterocycles. The lowest BCUT2D eigenvalue weighted by Gasteiger charge is -2.05. The number of nitrogens with one attached hydrogen (secondary N) is 1. The maximum atomic E-state index is 7.57. The molecule has 3 aromatic heterocycles. The molecule has 0 fully saturated rings. The predicted molar refractivity (Wildman–Crippen MR) is 72.1 cm³/mol. The van der Waals surface area contributed by atoms with Crippen molar-refractivity contribution in [3.8, 4) is 10.6 Å². The number of aromatic nitrogens is 3. The van der Waals surface area contributed by atoms with Crippen molar-refractivity contribution in [3.05, 3.63) is 41.0 Å². The van der Waals surface area contributed by atoms with Gasteiger partial charge in [-0.2, -0.15) is 5.10 Å². The number of hydrogen-bond acceptors (Lipinski definition) is 4. The second-order valence-electron chi connectivity index (χ2n) is 3.92. The minimum atomic E-state index is 0.00475. The van der Waals surface area contributed by atoms with Gasteiger partial charge in [0.25, 0.3) is 0 Å². The molecule has 0 amide bonds. The Morgan fingerprint density at radius 3 is 2.89 bits per heavy atom. The van der Waals surface area contributed by atoms with Crippen LogP contribution in [0.2, 0.25) is 0 Å². The van der Waals surface area contributed by atoms with Crippen LogP contribution in [0.1, 0.15) is 11.4 Å². The van der Waals surface area contributed by atoms with Gasteiger partial charge < -0.3 is 5.73 Å². The van der Waals surface area contributed by atoms with Crippen molar-refractivity contribution >= 4 is 22.8 Å². The molecule has 3 rings (SSSR count). The lowest BCUT2D eigenvalue weighted by atomic mass is 10.2. The highest BCUT2D eigenvalue weighted by Gasteiger charge is 2.13. The maximum Gasteiger partial charge on any atom is 0.167 e. The Hall–Kier alpha value is -2.21. The number of fused-ring (bicyclic) bond motifs is 1. The van der Waals surface area contributed by atoms with Crippen LogP contribution in [-0.2, 0) is 0 Å². The highest BCUT2D eigenvalue weighted by molar-refractivity contribution is 7.13. The molecule has 3 aromatic rings. The van der Waals surface area contributed by atoms with E-state index in [1.54, 1.807) is 15.9 Å². The first-order chi connectivity index (χ1) is 8.66. The Kier molecular flexibility index (Phi) is 2.38. The summed E-state index contributed by atoms with van der Waals surface area (Å²) in [5.74, 6) is 0.673. The quantitative estimate of drug-likeness (QED) is 0.544. The van der Waals surface area contributed by atoms with Crippen LogP contribution >= 0.6 is 11.3 Å². The van der Waals surface area contributed by atoms with E-state index in [-0.39, 0.29) is 5.84 Å². The molecule has 0 saturated heterocycles. The lowest BCUT2D eigenvalue weighted by Crippen LogP contribution is -2.13. The molecule has 0 bridgehead atoms. The molecule has 6 heteroatoms. The molecule has 0 aliphatic rings. The third-order valence-electron chi connectivity index (χ3n) is 2.65. The summed E-state index contributed by atoms with van der Waals surface area (Å²) < 4.78 is 1.75. The molecule has 0 radical (unpaired) electrons. The Morgan fingerprint density at radius 2 is 2.22 bits per heavy atom. The first-order valence-electron chi connectivity index (χ1n) is 5.41. The van der Waals surface area contributed by atoms with Crippen molar-refractivity contribution < 1.29 is 0 Å². The van der Waals surface area contributed by atoms with Gasteiger partial charge in [-0.25, -0.2) is 9.50 Å². The van der Waals surface area contributed by atoms with Gasteiger partial charge in [0.05, 0.1) is 16.1 Å². The summed E-state index contributed by atoms with van der Waals surface area (Å²) >= 11 is 1.64. The normalized spacial score (nSPS) is 10.9. The van der Waals surface area contributed by atoms with Crippen molar-refractivity contribution in [1.82, 2.24) is 14.6 Å². The summed E-state index contributed by atoms with van der Waals surface area (Å²) in [6, 6.07) is 7.77. The number of thiophene rings is 1. The summed E-state index contributed by atoms with van der Waals surface area (Å²) in [7, 11) is 0. The van der Waals surface area contributed by atoms with Gasteiger partial charge in [0.15, 0.2) is 5.65 Å². The van der Waals surface area contributed by atoms with Crippen LogP contribution in [0.25, 0.3) is 16.2 Å². The second kappa shape index (κ2) is 3.92. The Balaban J connectivity index is 2.36. The monoisotopic (exact) mass is 257 g/mol. The zero-order valence-corrected chi connectivity index (χ0v) is 10.5. The lowest BCUT2D eigenvalue weighted by molar-refractivity contribution is 0.939. The molecule has 5 nitrogen and oxygen atoms in total. The van der Waals surface area contributed by atoms with Gasteiger partial charge in [-0.3, -0.25) is 5.41 Å². The fourth-order valence-corrected chi connectivity index (χ4v) is 2.62. The van der Waals surface area contributed by atoms with E-state index in [1.807, 2.05) is 36.6 Å². The first kappa shape index (κ1) is 10.9. The smallest absolute Gasteiger partial charge is 0.167 e. The molecule has 18 heavy (non-hydrogen) atoms. The number of amidine groups is 1. The summed E-state index contributed by atoms with van der Waals surface area (Å²) in [4.78, 5) is 5.45. The van der Waals surface area contributed by atoms with E-state index in [2.05, 4.69) is 10.1 Å². The molecule has 0 aliphatic carbocycles. The fourth-order valence-electron chi connectivity index (χ4n) is 1.89. The highest BCUT2D eigenvalue weighted by atomic mass is 32.1. The molecule has 0 aliphatic heterocycles. The van der Waals surface area contributed by atoms with Gasteiger partial charge in [0, 0.05) is 0 Å². The largest absolute Gasteiger partial charge is 0.384 e. The molecule has 3 N–H and O–H groups in total. The van der Waals surface area contributed by atoms with Crippen LogP contribution < -0.4 is 5.73 Å². The highest BCUT2D eigenvalue weighted by Crippen LogP contribution is 2.26. The number of nitrogens with zero attached hydrogens (tertiary/aromatic N) is 3. The SMILES string of the molecule is Cc1nc2c(C(=N)N)ccc(-c3cccs3)n2n1. The van der Waals surface area contributed by atoms with E-state index in [0.717, 1.165) is 10.6 Å². The van der Waals surface area contributed by atoms with Gasteiger partial charge in [-0.15, -0.1) is 11.3 Å². The Labute approximate surface area is 107 Å². The number of hydrogen-bond donors (Lipinski definition) is 2. The zero-order valence-electron chi connectivity index (χ0n) is 9.71. The third-order valence-corrected chi connectivity index (χ3v) is 3.55. The molecule has 0 spiro atoms. The average molecular weight is 257 g/mol. The van der Waals surface area contributed by atoms with Crippen molar-refractivity contribution in [2.45, 2.75) is 6.92 Å². The van der Waals surface area contributed by atoms with E-state index in [1.165, 1.54) is 0 Å². The summed E-state index contributed by atoms with van der Waals surface area (Å²) in [5.41, 5.74) is 7.76. The Bertz CT molecular complexity index is 726. The van der Waals surface area contributed by atoms with E-state index in [0.29, 0.717) is 17.0 Å². The molecule has 0 atom stereocenters. The van der Waals surface area contributed by atoms with E-state index in [4.69, 9.17) is 11.1 Å². The van der Waals surface area contributed by atoms with Gasteiger partial charge in [0.1, 0.15) is 11.7 Å². The number of pyridine rings is 1.